The van der Waals surface area contributed by atoms with Crippen molar-refractivity contribution in [1.82, 2.24) is 0 Å². The molecule has 0 unspecified atom stereocenters. The smallest absolute Gasteiger partial charge is 0.323 e. The Morgan fingerprint density at radius 2 is 1.81 bits per heavy atom. The maximum absolute atomic E-state index is 13.3. The third-order valence-corrected chi connectivity index (χ3v) is 3.01. The van der Waals surface area contributed by atoms with Gasteiger partial charge in [0.2, 0.25) is 0 Å². The number of carbonyl (C=O) groups excluding carboxylic acids is 1. The minimum Gasteiger partial charge on any atom is -0.480 e. The lowest BCUT2D eigenvalue weighted by atomic mass is 10.1. The Morgan fingerprint density at radius 3 is 2.38 bits per heavy atom. The van der Waals surface area contributed by atoms with Gasteiger partial charge in [-0.3, -0.25) is 14.5 Å². The summed E-state index contributed by atoms with van der Waals surface area (Å²) < 4.78 is 13.3. The Kier molecular flexibility index (Phi) is 4.33. The molecule has 0 atom stereocenters. The van der Waals surface area contributed by atoms with Crippen molar-refractivity contribution in [2.45, 2.75) is 6.92 Å². The zero-order chi connectivity index (χ0) is 15.4. The van der Waals surface area contributed by atoms with E-state index in [0.29, 0.717) is 11.3 Å². The quantitative estimate of drug-likeness (QED) is 0.940. The summed E-state index contributed by atoms with van der Waals surface area (Å²) in [4.78, 5) is 24.6. The molecule has 0 heterocycles. The molecule has 0 spiro atoms. The highest BCUT2D eigenvalue weighted by Gasteiger charge is 2.20. The molecule has 0 aliphatic carbocycles. The Bertz CT molecular complexity index is 670. The van der Waals surface area contributed by atoms with Crippen molar-refractivity contribution < 1.29 is 19.1 Å². The molecule has 2 aromatic rings. The highest BCUT2D eigenvalue weighted by Crippen LogP contribution is 2.18. The molecule has 1 amide bonds. The van der Waals surface area contributed by atoms with Crippen molar-refractivity contribution in [3.8, 4) is 0 Å². The molecular formula is C16H14FNO3. The predicted molar refractivity (Wildman–Crippen MR) is 76.9 cm³/mol. The molecule has 0 bridgehead atoms. The van der Waals surface area contributed by atoms with Crippen molar-refractivity contribution in [2.24, 2.45) is 0 Å². The summed E-state index contributed by atoms with van der Waals surface area (Å²) in [6, 6.07) is 12.5. The third kappa shape index (κ3) is 3.45. The number of hydrogen-bond acceptors (Lipinski definition) is 2. The predicted octanol–water partition coefficient (Wildman–Crippen LogP) is 2.87. The third-order valence-electron chi connectivity index (χ3n) is 3.01. The van der Waals surface area contributed by atoms with E-state index in [0.717, 1.165) is 4.90 Å². The second-order valence-corrected chi connectivity index (χ2v) is 4.58. The zero-order valence-corrected chi connectivity index (χ0v) is 11.4. The first-order chi connectivity index (χ1) is 9.99. The number of aliphatic carboxylic acids is 1. The van der Waals surface area contributed by atoms with Crippen molar-refractivity contribution in [2.75, 3.05) is 11.4 Å². The van der Waals surface area contributed by atoms with E-state index in [-0.39, 0.29) is 5.56 Å². The Labute approximate surface area is 121 Å². The molecule has 0 aliphatic rings. The van der Waals surface area contributed by atoms with Gasteiger partial charge in [0.1, 0.15) is 12.4 Å². The largest absolute Gasteiger partial charge is 0.480 e. The number of hydrogen-bond donors (Lipinski definition) is 1. The minimum absolute atomic E-state index is 0.249. The number of amides is 1. The van der Waals surface area contributed by atoms with Crippen LogP contribution in [0.3, 0.4) is 0 Å². The zero-order valence-electron chi connectivity index (χ0n) is 11.4. The molecule has 0 aromatic heterocycles. The molecule has 21 heavy (non-hydrogen) atoms. The van der Waals surface area contributed by atoms with Crippen LogP contribution < -0.4 is 4.90 Å². The van der Waals surface area contributed by atoms with Gasteiger partial charge in [-0.25, -0.2) is 4.39 Å². The van der Waals surface area contributed by atoms with Gasteiger partial charge < -0.3 is 5.11 Å². The number of anilines is 1. The number of halogens is 1. The van der Waals surface area contributed by atoms with E-state index < -0.39 is 24.2 Å². The maximum atomic E-state index is 13.3. The van der Waals surface area contributed by atoms with Crippen LogP contribution in [-0.4, -0.2) is 23.5 Å². The van der Waals surface area contributed by atoms with Crippen LogP contribution in [0.5, 0.6) is 0 Å². The van der Waals surface area contributed by atoms with Gasteiger partial charge in [-0.2, -0.15) is 0 Å². The summed E-state index contributed by atoms with van der Waals surface area (Å²) >= 11 is 0. The van der Waals surface area contributed by atoms with E-state index in [1.165, 1.54) is 18.2 Å². The highest BCUT2D eigenvalue weighted by molar-refractivity contribution is 6.08. The van der Waals surface area contributed by atoms with Crippen LogP contribution in [0, 0.1) is 12.7 Å². The topological polar surface area (TPSA) is 57.6 Å². The van der Waals surface area contributed by atoms with Gasteiger partial charge in [0.15, 0.2) is 0 Å². The molecule has 5 heteroatoms. The van der Waals surface area contributed by atoms with Crippen LogP contribution in [0.2, 0.25) is 0 Å². The Morgan fingerprint density at radius 1 is 1.14 bits per heavy atom. The Balaban J connectivity index is 2.38. The van der Waals surface area contributed by atoms with Gasteiger partial charge in [0.25, 0.3) is 5.91 Å². The second-order valence-electron chi connectivity index (χ2n) is 4.58. The fourth-order valence-corrected chi connectivity index (χ4v) is 1.96. The highest BCUT2D eigenvalue weighted by atomic mass is 19.1. The molecule has 4 nitrogen and oxygen atoms in total. The molecule has 1 N–H and O–H groups in total. The summed E-state index contributed by atoms with van der Waals surface area (Å²) in [6.07, 6.45) is 0. The number of carboxylic acids is 1. The van der Waals surface area contributed by atoms with Crippen LogP contribution in [-0.2, 0) is 4.79 Å². The normalized spacial score (nSPS) is 10.2. The Hall–Kier alpha value is -2.69. The molecule has 0 aliphatic heterocycles. The van der Waals surface area contributed by atoms with Gasteiger partial charge in [0, 0.05) is 11.3 Å². The van der Waals surface area contributed by atoms with Crippen LogP contribution in [0.15, 0.2) is 48.5 Å². The lowest BCUT2D eigenvalue weighted by Gasteiger charge is -2.21. The van der Waals surface area contributed by atoms with E-state index in [4.69, 9.17) is 5.11 Å². The SMILES string of the molecule is Cc1cc(C(=O)N(CC(=O)O)c2ccccc2)ccc1F. The summed E-state index contributed by atoms with van der Waals surface area (Å²) in [7, 11) is 0. The molecule has 2 aromatic carbocycles. The molecule has 0 radical (unpaired) electrons. The van der Waals surface area contributed by atoms with Gasteiger partial charge in [0.05, 0.1) is 0 Å². The number of carbonyl (C=O) groups is 2. The van der Waals surface area contributed by atoms with Crippen LogP contribution in [0.4, 0.5) is 10.1 Å². The van der Waals surface area contributed by atoms with E-state index >= 15 is 0 Å². The monoisotopic (exact) mass is 287 g/mol. The number of nitrogens with zero attached hydrogens (tertiary/aromatic N) is 1. The average Bonchev–Trinajstić information content (AvgIpc) is 2.47. The first kappa shape index (κ1) is 14.7. The average molecular weight is 287 g/mol. The lowest BCUT2D eigenvalue weighted by Crippen LogP contribution is -2.35. The fourth-order valence-electron chi connectivity index (χ4n) is 1.96. The molecule has 0 saturated carbocycles. The number of benzene rings is 2. The van der Waals surface area contributed by atoms with Crippen molar-refractivity contribution in [3.05, 3.63) is 65.5 Å². The van der Waals surface area contributed by atoms with E-state index in [9.17, 15) is 14.0 Å². The first-order valence-corrected chi connectivity index (χ1v) is 6.34. The standard InChI is InChI=1S/C16H14FNO3/c1-11-9-12(7-8-14(11)17)16(21)18(10-15(19)20)13-5-3-2-4-6-13/h2-9H,10H2,1H3,(H,19,20). The van der Waals surface area contributed by atoms with E-state index in [1.807, 2.05) is 0 Å². The molecule has 108 valence electrons. The fraction of sp³-hybridized carbons (Fsp3) is 0.125. The van der Waals surface area contributed by atoms with Gasteiger partial charge in [-0.05, 0) is 42.8 Å². The summed E-state index contributed by atoms with van der Waals surface area (Å²) in [5.74, 6) is -2.01. The number of aryl methyl sites for hydroxylation is 1. The van der Waals surface area contributed by atoms with Gasteiger partial charge in [-0.1, -0.05) is 18.2 Å². The van der Waals surface area contributed by atoms with Gasteiger partial charge >= 0.3 is 5.97 Å². The maximum Gasteiger partial charge on any atom is 0.323 e. The molecule has 2 rings (SSSR count). The van der Waals surface area contributed by atoms with E-state index in [2.05, 4.69) is 0 Å². The van der Waals surface area contributed by atoms with Crippen molar-refractivity contribution >= 4 is 17.6 Å². The number of para-hydroxylation sites is 1. The molecular weight excluding hydrogens is 273 g/mol. The first-order valence-electron chi connectivity index (χ1n) is 6.34. The summed E-state index contributed by atoms with van der Waals surface area (Å²) in [5, 5.41) is 8.99. The number of rotatable bonds is 4. The van der Waals surface area contributed by atoms with E-state index in [1.54, 1.807) is 37.3 Å². The second kappa shape index (κ2) is 6.17. The van der Waals surface area contributed by atoms with Crippen molar-refractivity contribution in [3.63, 3.8) is 0 Å². The number of carboxylic acid groups (broad SMARTS) is 1. The summed E-state index contributed by atoms with van der Waals surface area (Å²) in [5.41, 5.74) is 1.06. The summed E-state index contributed by atoms with van der Waals surface area (Å²) in [6.45, 7) is 1.09. The van der Waals surface area contributed by atoms with Crippen molar-refractivity contribution in [1.29, 1.82) is 0 Å². The van der Waals surface area contributed by atoms with Gasteiger partial charge in [-0.15, -0.1) is 0 Å². The van der Waals surface area contributed by atoms with Crippen LogP contribution in [0.25, 0.3) is 0 Å². The van der Waals surface area contributed by atoms with Crippen LogP contribution in [0.1, 0.15) is 15.9 Å². The molecule has 0 fully saturated rings. The minimum atomic E-state index is -1.12. The van der Waals surface area contributed by atoms with Crippen LogP contribution >= 0.6 is 0 Å². The lowest BCUT2D eigenvalue weighted by molar-refractivity contribution is -0.135. The molecule has 0 saturated heterocycles.